The van der Waals surface area contributed by atoms with Crippen LogP contribution in [0.3, 0.4) is 0 Å². The van der Waals surface area contributed by atoms with Crippen molar-refractivity contribution in [2.45, 2.75) is 11.5 Å². The summed E-state index contributed by atoms with van der Waals surface area (Å²) in [5, 5.41) is 3.78. The molecule has 0 aliphatic heterocycles. The maximum atomic E-state index is 13.3. The number of ether oxygens (including phenoxy) is 1. The van der Waals surface area contributed by atoms with Crippen LogP contribution in [0, 0.1) is 5.82 Å². The van der Waals surface area contributed by atoms with Crippen molar-refractivity contribution in [1.29, 1.82) is 0 Å². The summed E-state index contributed by atoms with van der Waals surface area (Å²) in [5.74, 6) is -2.41. The van der Waals surface area contributed by atoms with Gasteiger partial charge in [-0.15, -0.1) is 0 Å². The number of nitrogens with two attached hydrogens (primary N) is 1. The first kappa shape index (κ1) is 12.7. The summed E-state index contributed by atoms with van der Waals surface area (Å²) >= 11 is 0. The fraction of sp³-hybridized carbons (Fsp3) is 0.286. The fourth-order valence-electron chi connectivity index (χ4n) is 1.00. The summed E-state index contributed by atoms with van der Waals surface area (Å²) < 4.78 is 64.1. The maximum Gasteiger partial charge on any atom is 0.268 e. The minimum Gasteiger partial charge on any atom is -0.491 e. The second-order valence-corrected chi connectivity index (χ2v) is 4.19. The van der Waals surface area contributed by atoms with Crippen LogP contribution in [0.5, 0.6) is 5.75 Å². The van der Waals surface area contributed by atoms with Crippen LogP contribution in [0.1, 0.15) is 12.0 Å². The van der Waals surface area contributed by atoms with Gasteiger partial charge in [0.25, 0.3) is 16.4 Å². The molecule has 0 aromatic carbocycles. The lowest BCUT2D eigenvalue weighted by Crippen LogP contribution is -2.16. The molecule has 0 saturated heterocycles. The Morgan fingerprint density at radius 3 is 2.44 bits per heavy atom. The lowest BCUT2D eigenvalue weighted by atomic mass is 10.2. The van der Waals surface area contributed by atoms with E-state index in [1.165, 1.54) is 0 Å². The molecule has 0 saturated carbocycles. The Balaban J connectivity index is 3.54. The van der Waals surface area contributed by atoms with E-state index in [4.69, 9.17) is 5.14 Å². The summed E-state index contributed by atoms with van der Waals surface area (Å²) in [6, 6.07) is 0. The molecule has 0 aliphatic rings. The second-order valence-electron chi connectivity index (χ2n) is 2.71. The average Bonchev–Trinajstić information content (AvgIpc) is 2.15. The number of rotatable bonds is 3. The van der Waals surface area contributed by atoms with Crippen LogP contribution in [0.4, 0.5) is 13.2 Å². The van der Waals surface area contributed by atoms with Crippen LogP contribution in [-0.4, -0.2) is 20.5 Å². The summed E-state index contributed by atoms with van der Waals surface area (Å²) in [5.41, 5.74) is -1.05. The molecule has 0 unspecified atom stereocenters. The number of aromatic nitrogens is 1. The number of primary sulfonamides is 1. The Morgan fingerprint density at radius 1 is 1.50 bits per heavy atom. The molecule has 2 N–H and O–H groups in total. The number of halogens is 3. The maximum absolute atomic E-state index is 13.3. The van der Waals surface area contributed by atoms with Crippen molar-refractivity contribution in [1.82, 2.24) is 4.98 Å². The van der Waals surface area contributed by atoms with Crippen LogP contribution in [0.2, 0.25) is 0 Å². The zero-order valence-corrected chi connectivity index (χ0v) is 8.76. The predicted octanol–water partition coefficient (Wildman–Crippen LogP) is 0.814. The van der Waals surface area contributed by atoms with E-state index in [1.807, 2.05) is 0 Å². The first-order chi connectivity index (χ1) is 7.29. The van der Waals surface area contributed by atoms with E-state index in [1.54, 1.807) is 0 Å². The summed E-state index contributed by atoms with van der Waals surface area (Å²) in [6.45, 7) is 0. The lowest BCUT2D eigenvalue weighted by Gasteiger charge is -2.09. The van der Waals surface area contributed by atoms with Gasteiger partial charge in [0.15, 0.2) is 11.6 Å². The van der Waals surface area contributed by atoms with Crippen molar-refractivity contribution in [3.05, 3.63) is 17.6 Å². The normalized spacial score (nSPS) is 11.9. The van der Waals surface area contributed by atoms with Gasteiger partial charge < -0.3 is 4.74 Å². The molecule has 1 heterocycles. The minimum absolute atomic E-state index is 0.405. The Bertz CT molecular complexity index is 504. The summed E-state index contributed by atoms with van der Waals surface area (Å²) in [7, 11) is -3.41. The van der Waals surface area contributed by atoms with Crippen LogP contribution >= 0.6 is 0 Å². The average molecular weight is 256 g/mol. The van der Waals surface area contributed by atoms with Crippen LogP contribution in [-0.2, 0) is 10.0 Å². The Labute approximate surface area is 89.1 Å². The number of sulfonamides is 1. The molecular formula is C7H7F3N2O3S. The SMILES string of the molecule is COc1c(S(N)(=O)=O)ncc(C(F)F)c1F. The monoisotopic (exact) mass is 256 g/mol. The van der Waals surface area contributed by atoms with E-state index in [2.05, 4.69) is 9.72 Å². The standard InChI is InChI=1S/C7H7F3N2O3S/c1-15-5-4(8)3(6(9)10)2-12-7(5)16(11,13)14/h2,6H,1H3,(H2,11,13,14). The van der Waals surface area contributed by atoms with Gasteiger partial charge in [0, 0.05) is 6.20 Å². The van der Waals surface area contributed by atoms with Crippen molar-refractivity contribution in [2.24, 2.45) is 5.14 Å². The van der Waals surface area contributed by atoms with Crippen molar-refractivity contribution in [3.8, 4) is 5.75 Å². The highest BCUT2D eigenvalue weighted by molar-refractivity contribution is 7.89. The molecule has 1 rings (SSSR count). The van der Waals surface area contributed by atoms with Gasteiger partial charge >= 0.3 is 0 Å². The number of hydrogen-bond acceptors (Lipinski definition) is 4. The van der Waals surface area contributed by atoms with Gasteiger partial charge in [0.2, 0.25) is 5.03 Å². The topological polar surface area (TPSA) is 82.3 Å². The largest absolute Gasteiger partial charge is 0.491 e. The summed E-state index contributed by atoms with van der Waals surface area (Å²) in [4.78, 5) is 3.14. The van der Waals surface area contributed by atoms with Gasteiger partial charge in [-0.25, -0.2) is 31.7 Å². The molecule has 0 spiro atoms. The van der Waals surface area contributed by atoms with Gasteiger partial charge in [0.1, 0.15) is 0 Å². The number of hydrogen-bond donors (Lipinski definition) is 1. The van der Waals surface area contributed by atoms with E-state index >= 15 is 0 Å². The molecule has 0 aliphatic carbocycles. The first-order valence-electron chi connectivity index (χ1n) is 3.82. The molecule has 90 valence electrons. The summed E-state index contributed by atoms with van der Waals surface area (Å²) in [6.07, 6.45) is -2.72. The Hall–Kier alpha value is -1.35. The molecule has 0 atom stereocenters. The number of nitrogens with zero attached hydrogens (tertiary/aromatic N) is 1. The van der Waals surface area contributed by atoms with Gasteiger partial charge in [-0.05, 0) is 0 Å². The molecule has 0 bridgehead atoms. The van der Waals surface area contributed by atoms with Crippen molar-refractivity contribution in [3.63, 3.8) is 0 Å². The minimum atomic E-state index is -4.33. The third-order valence-corrected chi connectivity index (χ3v) is 2.51. The van der Waals surface area contributed by atoms with Crippen LogP contribution < -0.4 is 9.88 Å². The van der Waals surface area contributed by atoms with Crippen LogP contribution in [0.25, 0.3) is 0 Å². The van der Waals surface area contributed by atoms with E-state index in [0.29, 0.717) is 6.20 Å². The van der Waals surface area contributed by atoms with Crippen molar-refractivity contribution >= 4 is 10.0 Å². The molecule has 16 heavy (non-hydrogen) atoms. The molecule has 0 fully saturated rings. The van der Waals surface area contributed by atoms with E-state index in [9.17, 15) is 21.6 Å². The van der Waals surface area contributed by atoms with E-state index in [0.717, 1.165) is 7.11 Å². The molecule has 9 heteroatoms. The van der Waals surface area contributed by atoms with Crippen LogP contribution in [0.15, 0.2) is 11.2 Å². The zero-order chi connectivity index (χ0) is 12.5. The molecule has 0 radical (unpaired) electrons. The van der Waals surface area contributed by atoms with Crippen molar-refractivity contribution in [2.75, 3.05) is 7.11 Å². The first-order valence-corrected chi connectivity index (χ1v) is 5.37. The Morgan fingerprint density at radius 2 is 2.06 bits per heavy atom. The molecule has 1 aromatic heterocycles. The fourth-order valence-corrected chi connectivity index (χ4v) is 1.63. The highest BCUT2D eigenvalue weighted by Crippen LogP contribution is 2.31. The lowest BCUT2D eigenvalue weighted by molar-refractivity contribution is 0.144. The van der Waals surface area contributed by atoms with Crippen molar-refractivity contribution < 1.29 is 26.3 Å². The second kappa shape index (κ2) is 4.26. The molecule has 5 nitrogen and oxygen atoms in total. The smallest absolute Gasteiger partial charge is 0.268 e. The Kier molecular flexibility index (Phi) is 3.38. The van der Waals surface area contributed by atoms with Gasteiger partial charge in [-0.1, -0.05) is 0 Å². The van der Waals surface area contributed by atoms with Gasteiger partial charge in [0.05, 0.1) is 12.7 Å². The predicted molar refractivity (Wildman–Crippen MR) is 47.1 cm³/mol. The quantitative estimate of drug-likeness (QED) is 0.867. The van der Waals surface area contributed by atoms with Gasteiger partial charge in [-0.3, -0.25) is 0 Å². The van der Waals surface area contributed by atoms with E-state index < -0.39 is 38.6 Å². The molecule has 1 aromatic rings. The third-order valence-electron chi connectivity index (χ3n) is 1.68. The number of pyridine rings is 1. The number of methoxy groups -OCH3 is 1. The van der Waals surface area contributed by atoms with Gasteiger partial charge in [-0.2, -0.15) is 0 Å². The zero-order valence-electron chi connectivity index (χ0n) is 7.95. The number of alkyl halides is 2. The molecule has 0 amide bonds. The highest BCUT2D eigenvalue weighted by atomic mass is 32.2. The molecular weight excluding hydrogens is 249 g/mol. The third kappa shape index (κ3) is 2.25. The highest BCUT2D eigenvalue weighted by Gasteiger charge is 2.26. The van der Waals surface area contributed by atoms with E-state index in [-0.39, 0.29) is 0 Å².